The zero-order chi connectivity index (χ0) is 20.7. The fourth-order valence-electron chi connectivity index (χ4n) is 3.63. The number of hydrogen-bond donors (Lipinski definition) is 0. The van der Waals surface area contributed by atoms with Crippen LogP contribution in [0.1, 0.15) is 10.4 Å². The largest absolute Gasteiger partial charge is 0.457 e. The van der Waals surface area contributed by atoms with Crippen molar-refractivity contribution in [1.82, 2.24) is 9.55 Å². The molecule has 0 spiro atoms. The van der Waals surface area contributed by atoms with E-state index in [1.54, 1.807) is 12.1 Å². The fourth-order valence-corrected chi connectivity index (χ4v) is 3.63. The Morgan fingerprint density at radius 1 is 1.00 bits per heavy atom. The molecule has 0 radical (unpaired) electrons. The molecule has 0 fully saturated rings. The van der Waals surface area contributed by atoms with Gasteiger partial charge in [0.2, 0.25) is 5.95 Å². The first kappa shape index (κ1) is 17.9. The maximum atomic E-state index is 13.4. The highest BCUT2D eigenvalue weighted by Crippen LogP contribution is 2.33. The number of benzene rings is 3. The van der Waals surface area contributed by atoms with Crippen LogP contribution in [0.3, 0.4) is 0 Å². The lowest BCUT2D eigenvalue weighted by Crippen LogP contribution is -2.29. The third-order valence-corrected chi connectivity index (χ3v) is 5.04. The monoisotopic (exact) mass is 400 g/mol. The zero-order valence-electron chi connectivity index (χ0n) is 15.8. The molecule has 0 saturated heterocycles. The van der Waals surface area contributed by atoms with Gasteiger partial charge >= 0.3 is 0 Å². The number of nitro benzene ring substituents is 1. The molecular weight excluding hydrogens is 384 g/mol. The van der Waals surface area contributed by atoms with Crippen LogP contribution in [0.15, 0.2) is 72.8 Å². The van der Waals surface area contributed by atoms with Crippen LogP contribution < -0.4 is 9.64 Å². The predicted octanol–water partition coefficient (Wildman–Crippen LogP) is 4.40. The Kier molecular flexibility index (Phi) is 4.17. The van der Waals surface area contributed by atoms with Crippen molar-refractivity contribution in [2.75, 3.05) is 11.4 Å². The molecule has 8 nitrogen and oxygen atoms in total. The first-order valence-electron chi connectivity index (χ1n) is 9.40. The number of ether oxygens (including phenoxy) is 1. The van der Waals surface area contributed by atoms with Gasteiger partial charge in [-0.1, -0.05) is 30.3 Å². The summed E-state index contributed by atoms with van der Waals surface area (Å²) < 4.78 is 7.85. The molecule has 0 bridgehead atoms. The van der Waals surface area contributed by atoms with Gasteiger partial charge < -0.3 is 9.30 Å². The van der Waals surface area contributed by atoms with Gasteiger partial charge in [0.05, 0.1) is 21.5 Å². The van der Waals surface area contributed by atoms with Gasteiger partial charge in [-0.3, -0.25) is 19.8 Å². The van der Waals surface area contributed by atoms with E-state index in [0.29, 0.717) is 24.8 Å². The van der Waals surface area contributed by atoms with Gasteiger partial charge in [0.1, 0.15) is 11.5 Å². The molecule has 1 aliphatic heterocycles. The van der Waals surface area contributed by atoms with E-state index in [-0.39, 0.29) is 17.0 Å². The molecule has 0 N–H and O–H groups in total. The van der Waals surface area contributed by atoms with Crippen molar-refractivity contribution < 1.29 is 14.5 Å². The predicted molar refractivity (Wildman–Crippen MR) is 111 cm³/mol. The standard InChI is InChI=1S/C22H16N4O4/c27-21(25-13-12-24-19-9-5-4-8-18(19)23-22(24)25)17-14-15(26(28)29)10-11-20(17)30-16-6-2-1-3-7-16/h1-11,14H,12-13H2. The number of fused-ring (bicyclic) bond motifs is 3. The molecule has 0 aliphatic carbocycles. The molecule has 1 aromatic heterocycles. The Hall–Kier alpha value is -4.20. The van der Waals surface area contributed by atoms with E-state index in [4.69, 9.17) is 4.74 Å². The number of hydrogen-bond acceptors (Lipinski definition) is 5. The molecule has 30 heavy (non-hydrogen) atoms. The van der Waals surface area contributed by atoms with Gasteiger partial charge in [0.15, 0.2) is 0 Å². The summed E-state index contributed by atoms with van der Waals surface area (Å²) in [5.74, 6) is 0.928. The van der Waals surface area contributed by atoms with Crippen LogP contribution in [-0.4, -0.2) is 26.9 Å². The van der Waals surface area contributed by atoms with Crippen molar-refractivity contribution in [3.8, 4) is 11.5 Å². The van der Waals surface area contributed by atoms with Crippen molar-refractivity contribution >= 4 is 28.6 Å². The molecule has 1 amide bonds. The van der Waals surface area contributed by atoms with E-state index < -0.39 is 10.8 Å². The first-order chi connectivity index (χ1) is 14.6. The molecule has 2 heterocycles. The molecule has 148 valence electrons. The second-order valence-electron chi connectivity index (χ2n) is 6.86. The number of rotatable bonds is 4. The normalized spacial score (nSPS) is 12.7. The number of carbonyl (C=O) groups is 1. The number of para-hydroxylation sites is 3. The Labute approximate surface area is 171 Å². The van der Waals surface area contributed by atoms with Crippen LogP contribution in [0.2, 0.25) is 0 Å². The van der Waals surface area contributed by atoms with Crippen LogP contribution >= 0.6 is 0 Å². The van der Waals surface area contributed by atoms with Crippen LogP contribution in [0.5, 0.6) is 11.5 Å². The molecule has 5 rings (SSSR count). The number of nitrogens with zero attached hydrogens (tertiary/aromatic N) is 4. The molecule has 8 heteroatoms. The Morgan fingerprint density at radius 2 is 1.77 bits per heavy atom. The molecule has 3 aromatic carbocycles. The van der Waals surface area contributed by atoms with E-state index in [1.165, 1.54) is 23.1 Å². The summed E-state index contributed by atoms with van der Waals surface area (Å²) in [5, 5.41) is 11.3. The van der Waals surface area contributed by atoms with Crippen molar-refractivity contribution in [3.05, 3.63) is 88.5 Å². The summed E-state index contributed by atoms with van der Waals surface area (Å²) in [5.41, 5.74) is 1.69. The minimum absolute atomic E-state index is 0.119. The van der Waals surface area contributed by atoms with Gasteiger partial charge in [-0.25, -0.2) is 4.98 Å². The van der Waals surface area contributed by atoms with Gasteiger partial charge in [-0.2, -0.15) is 0 Å². The average Bonchev–Trinajstić information content (AvgIpc) is 3.33. The third kappa shape index (κ3) is 2.95. The number of anilines is 1. The van der Waals surface area contributed by atoms with Crippen molar-refractivity contribution in [1.29, 1.82) is 0 Å². The summed E-state index contributed by atoms with van der Waals surface area (Å²) in [4.78, 5) is 30.3. The number of non-ortho nitro benzene ring substituents is 1. The number of carbonyl (C=O) groups excluding carboxylic acids is 1. The smallest absolute Gasteiger partial charge is 0.270 e. The quantitative estimate of drug-likeness (QED) is 0.374. The highest BCUT2D eigenvalue weighted by atomic mass is 16.6. The molecule has 0 unspecified atom stereocenters. The van der Waals surface area contributed by atoms with Crippen molar-refractivity contribution in [3.63, 3.8) is 0 Å². The topological polar surface area (TPSA) is 90.5 Å². The minimum atomic E-state index is -0.525. The highest BCUT2D eigenvalue weighted by molar-refractivity contribution is 6.08. The van der Waals surface area contributed by atoms with Crippen molar-refractivity contribution in [2.24, 2.45) is 0 Å². The van der Waals surface area contributed by atoms with Crippen molar-refractivity contribution in [2.45, 2.75) is 6.54 Å². The van der Waals surface area contributed by atoms with Crippen LogP contribution in [0, 0.1) is 10.1 Å². The SMILES string of the molecule is O=C(c1cc([N+](=O)[O-])ccc1Oc1ccccc1)N1CCn2c1nc1ccccc12. The molecule has 1 aliphatic rings. The number of amides is 1. The Morgan fingerprint density at radius 3 is 2.57 bits per heavy atom. The fraction of sp³-hybridized carbons (Fsp3) is 0.0909. The van der Waals surface area contributed by atoms with E-state index >= 15 is 0 Å². The minimum Gasteiger partial charge on any atom is -0.457 e. The van der Waals surface area contributed by atoms with E-state index in [0.717, 1.165) is 11.0 Å². The second-order valence-corrected chi connectivity index (χ2v) is 6.86. The maximum absolute atomic E-state index is 13.4. The van der Waals surface area contributed by atoms with Gasteiger partial charge in [-0.15, -0.1) is 0 Å². The van der Waals surface area contributed by atoms with Gasteiger partial charge in [0.25, 0.3) is 11.6 Å². The molecular formula is C22H16N4O4. The van der Waals surface area contributed by atoms with Crippen LogP contribution in [0.25, 0.3) is 11.0 Å². The summed E-state index contributed by atoms with van der Waals surface area (Å²) in [6.45, 7) is 1.03. The third-order valence-electron chi connectivity index (χ3n) is 5.04. The Balaban J connectivity index is 1.57. The lowest BCUT2D eigenvalue weighted by atomic mass is 10.1. The molecule has 0 atom stereocenters. The summed E-state index contributed by atoms with van der Waals surface area (Å²) in [6.07, 6.45) is 0. The second kappa shape index (κ2) is 7.00. The number of aromatic nitrogens is 2. The maximum Gasteiger partial charge on any atom is 0.270 e. The van der Waals surface area contributed by atoms with Gasteiger partial charge in [0, 0.05) is 25.2 Å². The lowest BCUT2D eigenvalue weighted by Gasteiger charge is -2.17. The van der Waals surface area contributed by atoms with Crippen LogP contribution in [0.4, 0.5) is 11.6 Å². The van der Waals surface area contributed by atoms with E-state index in [9.17, 15) is 14.9 Å². The van der Waals surface area contributed by atoms with E-state index in [1.807, 2.05) is 47.0 Å². The first-order valence-corrected chi connectivity index (χ1v) is 9.40. The summed E-state index contributed by atoms with van der Waals surface area (Å²) in [7, 11) is 0. The lowest BCUT2D eigenvalue weighted by molar-refractivity contribution is -0.384. The number of nitro groups is 1. The number of imidazole rings is 1. The zero-order valence-corrected chi connectivity index (χ0v) is 15.8. The van der Waals surface area contributed by atoms with Gasteiger partial charge in [-0.05, 0) is 30.3 Å². The molecule has 0 saturated carbocycles. The summed E-state index contributed by atoms with van der Waals surface area (Å²) in [6, 6.07) is 20.7. The highest BCUT2D eigenvalue weighted by Gasteiger charge is 2.31. The average molecular weight is 400 g/mol. The van der Waals surface area contributed by atoms with E-state index in [2.05, 4.69) is 4.98 Å². The molecule has 4 aromatic rings. The summed E-state index contributed by atoms with van der Waals surface area (Å²) >= 11 is 0. The Bertz CT molecular complexity index is 1280. The van der Waals surface area contributed by atoms with Crippen LogP contribution in [-0.2, 0) is 6.54 Å².